The maximum atomic E-state index is 13.3. The molecule has 2 amide bonds. The average molecular weight is 345 g/mol. The molecule has 0 aliphatic carbocycles. The summed E-state index contributed by atoms with van der Waals surface area (Å²) in [4.78, 5) is 27.0. The fraction of sp³-hybridized carbons (Fsp3) is 0.579. The lowest BCUT2D eigenvalue weighted by Gasteiger charge is -2.39. The van der Waals surface area contributed by atoms with Crippen LogP contribution in [0.2, 0.25) is 0 Å². The predicted molar refractivity (Wildman–Crippen MR) is 95.4 cm³/mol. The van der Waals surface area contributed by atoms with Crippen LogP contribution in [0.15, 0.2) is 24.3 Å². The summed E-state index contributed by atoms with van der Waals surface area (Å²) < 4.78 is 6.26. The molecule has 1 atom stereocenters. The van der Waals surface area contributed by atoms with E-state index in [2.05, 4.69) is 10.6 Å². The maximum Gasteiger partial charge on any atom is 0.266 e. The number of ether oxygens (including phenoxy) is 1. The van der Waals surface area contributed by atoms with Crippen LogP contribution >= 0.6 is 0 Å². The number of piperidine rings is 1. The summed E-state index contributed by atoms with van der Waals surface area (Å²) in [5.41, 5.74) is 0.323. The second kappa shape index (κ2) is 7.44. The summed E-state index contributed by atoms with van der Waals surface area (Å²) in [5, 5.41) is 5.98. The molecule has 2 heterocycles. The lowest BCUT2D eigenvalue weighted by molar-refractivity contribution is -0.149. The normalized spacial score (nSPS) is 22.5. The van der Waals surface area contributed by atoms with Crippen LogP contribution < -0.4 is 15.4 Å². The number of hydrogen-bond donors (Lipinski definition) is 2. The van der Waals surface area contributed by atoms with E-state index in [1.54, 1.807) is 11.9 Å². The Bertz CT molecular complexity index is 623. The number of benzene rings is 1. The number of aryl methyl sites for hydroxylation is 1. The Morgan fingerprint density at radius 1 is 1.24 bits per heavy atom. The highest BCUT2D eigenvalue weighted by Gasteiger charge is 2.46. The molecule has 3 rings (SSSR count). The number of carbonyl (C=O) groups excluding carboxylic acids is 2. The molecule has 0 unspecified atom stereocenters. The summed E-state index contributed by atoms with van der Waals surface area (Å²) in [6.07, 6.45) is 1.99. The number of rotatable bonds is 4. The van der Waals surface area contributed by atoms with E-state index in [9.17, 15) is 9.59 Å². The van der Waals surface area contributed by atoms with E-state index in [4.69, 9.17) is 4.74 Å². The number of nitrogens with zero attached hydrogens (tertiary/aromatic N) is 1. The van der Waals surface area contributed by atoms with Crippen LogP contribution in [0.25, 0.3) is 0 Å². The third kappa shape index (κ3) is 3.79. The highest BCUT2D eigenvalue weighted by Crippen LogP contribution is 2.31. The second-order valence-electron chi connectivity index (χ2n) is 7.01. The van der Waals surface area contributed by atoms with E-state index in [1.807, 2.05) is 31.2 Å². The van der Waals surface area contributed by atoms with Gasteiger partial charge in [0, 0.05) is 33.0 Å². The van der Waals surface area contributed by atoms with Crippen LogP contribution in [0.4, 0.5) is 0 Å². The van der Waals surface area contributed by atoms with Gasteiger partial charge in [-0.1, -0.05) is 17.7 Å². The Morgan fingerprint density at radius 3 is 2.56 bits per heavy atom. The first-order chi connectivity index (χ1) is 12.0. The highest BCUT2D eigenvalue weighted by molar-refractivity contribution is 5.87. The van der Waals surface area contributed by atoms with E-state index < -0.39 is 5.60 Å². The number of carbonyl (C=O) groups is 2. The van der Waals surface area contributed by atoms with E-state index >= 15 is 0 Å². The molecule has 2 N–H and O–H groups in total. The van der Waals surface area contributed by atoms with Crippen molar-refractivity contribution in [1.29, 1.82) is 0 Å². The Balaban J connectivity index is 1.77. The molecule has 6 nitrogen and oxygen atoms in total. The van der Waals surface area contributed by atoms with Crippen LogP contribution in [0.3, 0.4) is 0 Å². The molecule has 2 fully saturated rings. The monoisotopic (exact) mass is 345 g/mol. The quantitative estimate of drug-likeness (QED) is 0.857. The fourth-order valence-corrected chi connectivity index (χ4v) is 3.67. The minimum Gasteiger partial charge on any atom is -0.477 e. The summed E-state index contributed by atoms with van der Waals surface area (Å²) in [7, 11) is 1.64. The van der Waals surface area contributed by atoms with E-state index in [1.165, 1.54) is 0 Å². The molecule has 25 heavy (non-hydrogen) atoms. The standard InChI is InChI=1S/C19H27N3O3/c1-14-3-5-16(6-4-14)25-19(8-10-21-11-9-19)18(24)22-12-7-15(13-22)17(23)20-2/h3-6,15,21H,7-13H2,1-2H3,(H,20,23)/t15-/m0/s1. The van der Waals surface area contributed by atoms with Crippen molar-refractivity contribution < 1.29 is 14.3 Å². The Morgan fingerprint density at radius 2 is 1.92 bits per heavy atom. The van der Waals surface area contributed by atoms with Crippen molar-refractivity contribution in [2.75, 3.05) is 33.2 Å². The largest absolute Gasteiger partial charge is 0.477 e. The molecule has 2 aliphatic heterocycles. The average Bonchev–Trinajstić information content (AvgIpc) is 3.13. The van der Waals surface area contributed by atoms with Crippen molar-refractivity contribution in [1.82, 2.24) is 15.5 Å². The summed E-state index contributed by atoms with van der Waals surface area (Å²) >= 11 is 0. The zero-order valence-electron chi connectivity index (χ0n) is 15.0. The first-order valence-electron chi connectivity index (χ1n) is 9.01. The zero-order valence-corrected chi connectivity index (χ0v) is 15.0. The van der Waals surface area contributed by atoms with Crippen molar-refractivity contribution in [3.8, 4) is 5.75 Å². The molecular weight excluding hydrogens is 318 g/mol. The SMILES string of the molecule is CNC(=O)[C@H]1CCN(C(=O)C2(Oc3ccc(C)cc3)CCNCC2)C1. The lowest BCUT2D eigenvalue weighted by atomic mass is 9.90. The van der Waals surface area contributed by atoms with Gasteiger partial charge in [-0.3, -0.25) is 9.59 Å². The minimum absolute atomic E-state index is 0.00844. The van der Waals surface area contributed by atoms with Gasteiger partial charge in [-0.15, -0.1) is 0 Å². The lowest BCUT2D eigenvalue weighted by Crippen LogP contribution is -2.57. The molecule has 0 spiro atoms. The van der Waals surface area contributed by atoms with E-state index in [-0.39, 0.29) is 17.7 Å². The van der Waals surface area contributed by atoms with Crippen molar-refractivity contribution >= 4 is 11.8 Å². The van der Waals surface area contributed by atoms with Gasteiger partial charge in [-0.05, 0) is 38.6 Å². The highest BCUT2D eigenvalue weighted by atomic mass is 16.5. The molecule has 0 aromatic heterocycles. The van der Waals surface area contributed by atoms with Gasteiger partial charge in [0.25, 0.3) is 5.91 Å². The molecule has 1 aromatic carbocycles. The summed E-state index contributed by atoms with van der Waals surface area (Å²) in [5.74, 6) is 0.630. The third-order valence-electron chi connectivity index (χ3n) is 5.23. The third-order valence-corrected chi connectivity index (χ3v) is 5.23. The van der Waals surface area contributed by atoms with Gasteiger partial charge < -0.3 is 20.3 Å². The van der Waals surface area contributed by atoms with Crippen molar-refractivity contribution in [2.24, 2.45) is 5.92 Å². The van der Waals surface area contributed by atoms with Gasteiger partial charge >= 0.3 is 0 Å². The molecule has 136 valence electrons. The number of likely N-dealkylation sites (tertiary alicyclic amines) is 1. The van der Waals surface area contributed by atoms with Crippen LogP contribution in [-0.4, -0.2) is 55.5 Å². The first kappa shape index (κ1) is 17.7. The first-order valence-corrected chi connectivity index (χ1v) is 9.01. The molecule has 2 aliphatic rings. The van der Waals surface area contributed by atoms with Gasteiger partial charge in [0.15, 0.2) is 5.60 Å². The predicted octanol–water partition coefficient (Wildman–Crippen LogP) is 1.09. The van der Waals surface area contributed by atoms with Gasteiger partial charge in [-0.25, -0.2) is 0 Å². The van der Waals surface area contributed by atoms with E-state index in [0.29, 0.717) is 32.4 Å². The van der Waals surface area contributed by atoms with Crippen LogP contribution in [0.1, 0.15) is 24.8 Å². The molecular formula is C19H27N3O3. The Kier molecular flexibility index (Phi) is 5.27. The van der Waals surface area contributed by atoms with Crippen LogP contribution in [-0.2, 0) is 9.59 Å². The second-order valence-corrected chi connectivity index (χ2v) is 7.01. The number of amides is 2. The van der Waals surface area contributed by atoms with E-state index in [0.717, 1.165) is 24.4 Å². The van der Waals surface area contributed by atoms with Crippen molar-refractivity contribution in [2.45, 2.75) is 31.8 Å². The molecule has 1 aromatic rings. The number of hydrogen-bond acceptors (Lipinski definition) is 4. The molecule has 2 saturated heterocycles. The topological polar surface area (TPSA) is 70.7 Å². The molecule has 0 bridgehead atoms. The van der Waals surface area contributed by atoms with Gasteiger partial charge in [-0.2, -0.15) is 0 Å². The van der Waals surface area contributed by atoms with Gasteiger partial charge in [0.2, 0.25) is 5.91 Å². The molecule has 0 saturated carbocycles. The Hall–Kier alpha value is -2.08. The van der Waals surface area contributed by atoms with Crippen molar-refractivity contribution in [3.63, 3.8) is 0 Å². The zero-order chi connectivity index (χ0) is 17.9. The van der Waals surface area contributed by atoms with Crippen molar-refractivity contribution in [3.05, 3.63) is 29.8 Å². The van der Waals surface area contributed by atoms with Gasteiger partial charge in [0.1, 0.15) is 5.75 Å². The Labute approximate surface area is 148 Å². The fourth-order valence-electron chi connectivity index (χ4n) is 3.67. The minimum atomic E-state index is -0.835. The summed E-state index contributed by atoms with van der Waals surface area (Å²) in [6.45, 7) is 4.63. The molecule has 6 heteroatoms. The molecule has 0 radical (unpaired) electrons. The van der Waals surface area contributed by atoms with Crippen LogP contribution in [0.5, 0.6) is 5.75 Å². The smallest absolute Gasteiger partial charge is 0.266 e. The van der Waals surface area contributed by atoms with Crippen LogP contribution in [0, 0.1) is 12.8 Å². The summed E-state index contributed by atoms with van der Waals surface area (Å²) in [6, 6.07) is 7.82. The number of nitrogens with one attached hydrogen (secondary N) is 2. The maximum absolute atomic E-state index is 13.3. The van der Waals surface area contributed by atoms with Gasteiger partial charge in [0.05, 0.1) is 5.92 Å².